The van der Waals surface area contributed by atoms with Gasteiger partial charge >= 0.3 is 0 Å². The third-order valence-corrected chi connectivity index (χ3v) is 3.88. The number of nitrogens with zero attached hydrogens (tertiary/aromatic N) is 1. The van der Waals surface area contributed by atoms with Crippen molar-refractivity contribution in [1.82, 2.24) is 10.2 Å². The van der Waals surface area contributed by atoms with E-state index in [4.69, 9.17) is 5.73 Å². The molecule has 1 fully saturated rings. The first-order valence-corrected chi connectivity index (χ1v) is 6.98. The van der Waals surface area contributed by atoms with Crippen LogP contribution >= 0.6 is 0 Å². The van der Waals surface area contributed by atoms with E-state index < -0.39 is 0 Å². The first-order chi connectivity index (χ1) is 9.16. The van der Waals surface area contributed by atoms with Gasteiger partial charge < -0.3 is 16.0 Å². The minimum atomic E-state index is -0.0639. The van der Waals surface area contributed by atoms with Crippen LogP contribution in [0.5, 0.6) is 0 Å². The maximum absolute atomic E-state index is 12.0. The van der Waals surface area contributed by atoms with Gasteiger partial charge in [0.1, 0.15) is 0 Å². The maximum Gasteiger partial charge on any atom is 0.253 e. The number of likely N-dealkylation sites (tertiary alicyclic amines) is 1. The Bertz CT molecular complexity index is 425. The third-order valence-electron chi connectivity index (χ3n) is 3.88. The van der Waals surface area contributed by atoms with Crippen LogP contribution in [-0.4, -0.2) is 37.5 Å². The van der Waals surface area contributed by atoms with E-state index in [1.165, 1.54) is 25.9 Å². The molecule has 1 aromatic rings. The molecule has 0 atom stereocenters. The van der Waals surface area contributed by atoms with Crippen LogP contribution in [0.15, 0.2) is 24.3 Å². The Morgan fingerprint density at radius 3 is 2.74 bits per heavy atom. The number of rotatable bonds is 4. The molecule has 4 heteroatoms. The van der Waals surface area contributed by atoms with E-state index >= 15 is 0 Å². The zero-order valence-corrected chi connectivity index (χ0v) is 11.6. The normalized spacial score (nSPS) is 17.3. The van der Waals surface area contributed by atoms with Gasteiger partial charge in [-0.15, -0.1) is 0 Å². The predicted molar refractivity (Wildman–Crippen MR) is 78.0 cm³/mol. The van der Waals surface area contributed by atoms with Gasteiger partial charge in [0.25, 0.3) is 5.91 Å². The van der Waals surface area contributed by atoms with Gasteiger partial charge in [-0.05, 0) is 57.5 Å². The van der Waals surface area contributed by atoms with Crippen LogP contribution in [0.3, 0.4) is 0 Å². The van der Waals surface area contributed by atoms with Crippen LogP contribution in [-0.2, 0) is 0 Å². The number of para-hydroxylation sites is 1. The number of nitrogen functional groups attached to an aromatic ring is 1. The van der Waals surface area contributed by atoms with Crippen LogP contribution < -0.4 is 11.1 Å². The summed E-state index contributed by atoms with van der Waals surface area (Å²) in [6.07, 6.45) is 3.53. The molecule has 0 radical (unpaired) electrons. The van der Waals surface area contributed by atoms with Crippen molar-refractivity contribution < 1.29 is 4.79 Å². The fraction of sp³-hybridized carbons (Fsp3) is 0.533. The van der Waals surface area contributed by atoms with Crippen molar-refractivity contribution in [3.63, 3.8) is 0 Å². The highest BCUT2D eigenvalue weighted by Crippen LogP contribution is 2.18. The average molecular weight is 261 g/mol. The minimum absolute atomic E-state index is 0.0639. The molecule has 0 saturated carbocycles. The van der Waals surface area contributed by atoms with E-state index in [0.717, 1.165) is 18.9 Å². The van der Waals surface area contributed by atoms with E-state index in [1.807, 2.05) is 12.1 Å². The second kappa shape index (κ2) is 6.57. The summed E-state index contributed by atoms with van der Waals surface area (Å²) in [7, 11) is 2.16. The lowest BCUT2D eigenvalue weighted by atomic mass is 9.94. The summed E-state index contributed by atoms with van der Waals surface area (Å²) < 4.78 is 0. The Labute approximate surface area is 115 Å². The summed E-state index contributed by atoms with van der Waals surface area (Å²) in [6, 6.07) is 7.19. The number of benzene rings is 1. The quantitative estimate of drug-likeness (QED) is 0.812. The fourth-order valence-electron chi connectivity index (χ4n) is 2.54. The van der Waals surface area contributed by atoms with Gasteiger partial charge in [0.05, 0.1) is 5.56 Å². The van der Waals surface area contributed by atoms with Crippen molar-refractivity contribution in [2.45, 2.75) is 19.3 Å². The maximum atomic E-state index is 12.0. The first-order valence-electron chi connectivity index (χ1n) is 6.98. The molecule has 1 heterocycles. The molecule has 0 unspecified atom stereocenters. The molecule has 4 nitrogen and oxygen atoms in total. The molecular formula is C15H23N3O. The summed E-state index contributed by atoms with van der Waals surface area (Å²) in [5, 5.41) is 2.97. The van der Waals surface area contributed by atoms with Gasteiger partial charge in [-0.1, -0.05) is 12.1 Å². The van der Waals surface area contributed by atoms with Crippen molar-refractivity contribution in [2.75, 3.05) is 32.4 Å². The van der Waals surface area contributed by atoms with Crippen molar-refractivity contribution in [3.8, 4) is 0 Å². The van der Waals surface area contributed by atoms with E-state index in [0.29, 0.717) is 11.3 Å². The van der Waals surface area contributed by atoms with Crippen molar-refractivity contribution in [3.05, 3.63) is 29.8 Å². The Kier molecular flexibility index (Phi) is 4.80. The molecule has 0 aromatic heterocycles. The van der Waals surface area contributed by atoms with Crippen molar-refractivity contribution in [2.24, 2.45) is 5.92 Å². The predicted octanol–water partition coefficient (Wildman–Crippen LogP) is 1.73. The van der Waals surface area contributed by atoms with Crippen LogP contribution in [0.1, 0.15) is 29.6 Å². The number of piperidine rings is 1. The lowest BCUT2D eigenvalue weighted by Crippen LogP contribution is -2.32. The molecule has 1 saturated heterocycles. The average Bonchev–Trinajstić information content (AvgIpc) is 2.41. The van der Waals surface area contributed by atoms with Crippen LogP contribution in [0.25, 0.3) is 0 Å². The lowest BCUT2D eigenvalue weighted by molar-refractivity contribution is 0.0950. The summed E-state index contributed by atoms with van der Waals surface area (Å²) in [4.78, 5) is 14.3. The van der Waals surface area contributed by atoms with E-state index in [-0.39, 0.29) is 5.91 Å². The number of amides is 1. The highest BCUT2D eigenvalue weighted by atomic mass is 16.1. The monoisotopic (exact) mass is 261 g/mol. The molecule has 0 spiro atoms. The number of hydrogen-bond donors (Lipinski definition) is 2. The van der Waals surface area contributed by atoms with Crippen LogP contribution in [0, 0.1) is 5.92 Å². The first kappa shape index (κ1) is 13.9. The van der Waals surface area contributed by atoms with Gasteiger partial charge in [0.2, 0.25) is 0 Å². The standard InChI is InChI=1S/C15H23N3O/c1-18-10-7-12(8-11-18)6-9-17-15(19)13-4-2-3-5-14(13)16/h2-5,12H,6-11,16H2,1H3,(H,17,19). The molecule has 1 amide bonds. The molecule has 1 aliphatic rings. The van der Waals surface area contributed by atoms with Crippen LogP contribution in [0.4, 0.5) is 5.69 Å². The number of carbonyl (C=O) groups excluding carboxylic acids is 1. The van der Waals surface area contributed by atoms with Gasteiger partial charge in [-0.2, -0.15) is 0 Å². The minimum Gasteiger partial charge on any atom is -0.398 e. The fourth-order valence-corrected chi connectivity index (χ4v) is 2.54. The largest absolute Gasteiger partial charge is 0.398 e. The highest BCUT2D eigenvalue weighted by molar-refractivity contribution is 5.98. The Morgan fingerprint density at radius 2 is 2.05 bits per heavy atom. The topological polar surface area (TPSA) is 58.4 Å². The lowest BCUT2D eigenvalue weighted by Gasteiger charge is -2.28. The van der Waals surface area contributed by atoms with Gasteiger partial charge in [-0.3, -0.25) is 4.79 Å². The number of carbonyl (C=O) groups is 1. The van der Waals surface area contributed by atoms with Crippen LogP contribution in [0.2, 0.25) is 0 Å². The van der Waals surface area contributed by atoms with Crippen molar-refractivity contribution in [1.29, 1.82) is 0 Å². The molecular weight excluding hydrogens is 238 g/mol. The summed E-state index contributed by atoms with van der Waals surface area (Å²) in [6.45, 7) is 3.08. The molecule has 1 aliphatic heterocycles. The number of nitrogens with two attached hydrogens (primary N) is 1. The molecule has 19 heavy (non-hydrogen) atoms. The van der Waals surface area contributed by atoms with E-state index in [1.54, 1.807) is 12.1 Å². The molecule has 3 N–H and O–H groups in total. The van der Waals surface area contributed by atoms with Crippen molar-refractivity contribution >= 4 is 11.6 Å². The highest BCUT2D eigenvalue weighted by Gasteiger charge is 2.16. The SMILES string of the molecule is CN1CCC(CCNC(=O)c2ccccc2N)CC1. The zero-order valence-electron chi connectivity index (χ0n) is 11.6. The zero-order chi connectivity index (χ0) is 13.7. The summed E-state index contributed by atoms with van der Waals surface area (Å²) in [5.74, 6) is 0.677. The number of nitrogens with one attached hydrogen (secondary N) is 1. The Hall–Kier alpha value is -1.55. The molecule has 2 rings (SSSR count). The molecule has 1 aromatic carbocycles. The van der Waals surface area contributed by atoms with Gasteiger partial charge in [0, 0.05) is 12.2 Å². The van der Waals surface area contributed by atoms with E-state index in [9.17, 15) is 4.79 Å². The second-order valence-electron chi connectivity index (χ2n) is 5.38. The molecule has 0 aliphatic carbocycles. The molecule has 0 bridgehead atoms. The van der Waals surface area contributed by atoms with Gasteiger partial charge in [0.15, 0.2) is 0 Å². The molecule has 104 valence electrons. The second-order valence-corrected chi connectivity index (χ2v) is 5.38. The summed E-state index contributed by atoms with van der Waals surface area (Å²) >= 11 is 0. The number of hydrogen-bond acceptors (Lipinski definition) is 3. The summed E-state index contributed by atoms with van der Waals surface area (Å²) in [5.41, 5.74) is 6.90. The Morgan fingerprint density at radius 1 is 1.37 bits per heavy atom. The smallest absolute Gasteiger partial charge is 0.253 e. The third kappa shape index (κ3) is 3.96. The number of anilines is 1. The Balaban J connectivity index is 1.74. The van der Waals surface area contributed by atoms with Gasteiger partial charge in [-0.25, -0.2) is 0 Å². The van der Waals surface area contributed by atoms with E-state index in [2.05, 4.69) is 17.3 Å².